The van der Waals surface area contributed by atoms with Gasteiger partial charge in [0, 0.05) is 6.42 Å². The van der Waals surface area contributed by atoms with E-state index in [0.29, 0.717) is 35.5 Å². The number of cyclic esters (lactones) is 1. The summed E-state index contributed by atoms with van der Waals surface area (Å²) < 4.78 is 15.6. The third-order valence-corrected chi connectivity index (χ3v) is 4.92. The smallest absolute Gasteiger partial charge is 0.347 e. The Kier molecular flexibility index (Phi) is 5.22. The lowest BCUT2D eigenvalue weighted by Crippen LogP contribution is -2.29. The van der Waals surface area contributed by atoms with Crippen LogP contribution in [0.1, 0.15) is 50.0 Å². The maximum atomic E-state index is 12.7. The van der Waals surface area contributed by atoms with Crippen molar-refractivity contribution in [3.05, 3.63) is 64.7 Å². The van der Waals surface area contributed by atoms with Crippen LogP contribution in [0.25, 0.3) is 0 Å². The van der Waals surface area contributed by atoms with Gasteiger partial charge >= 0.3 is 11.9 Å². The van der Waals surface area contributed by atoms with Gasteiger partial charge in [0.25, 0.3) is 11.8 Å². The molecule has 0 radical (unpaired) electrons. The predicted octanol–water partition coefficient (Wildman–Crippen LogP) is 2.35. The van der Waals surface area contributed by atoms with Crippen LogP contribution in [0.2, 0.25) is 0 Å². The zero-order valence-electron chi connectivity index (χ0n) is 16.3. The van der Waals surface area contributed by atoms with Crippen LogP contribution in [0, 0.1) is 0 Å². The summed E-state index contributed by atoms with van der Waals surface area (Å²) in [5.41, 5.74) is 1.38. The van der Waals surface area contributed by atoms with Gasteiger partial charge in [0.05, 0.1) is 30.9 Å². The van der Waals surface area contributed by atoms with Crippen LogP contribution < -0.4 is 4.74 Å². The minimum Gasteiger partial charge on any atom is -0.493 e. The number of carbonyl (C=O) groups excluding carboxylic acids is 4. The Balaban J connectivity index is 1.58. The molecule has 30 heavy (non-hydrogen) atoms. The fraction of sp³-hybridized carbons (Fsp3) is 0.273. The monoisotopic (exact) mass is 409 g/mol. The number of rotatable bonds is 6. The molecule has 0 unspecified atom stereocenters. The minimum atomic E-state index is -0.952. The maximum Gasteiger partial charge on any atom is 0.347 e. The second-order valence-electron chi connectivity index (χ2n) is 6.86. The third kappa shape index (κ3) is 3.52. The molecule has 154 valence electrons. The van der Waals surface area contributed by atoms with E-state index in [4.69, 9.17) is 14.2 Å². The van der Waals surface area contributed by atoms with E-state index in [1.165, 1.54) is 6.07 Å². The minimum absolute atomic E-state index is 0.00942. The average Bonchev–Trinajstić information content (AvgIpc) is 3.25. The highest BCUT2D eigenvalue weighted by Gasteiger charge is 2.35. The van der Waals surface area contributed by atoms with Gasteiger partial charge in [-0.15, -0.1) is 0 Å². The van der Waals surface area contributed by atoms with E-state index in [0.717, 1.165) is 4.90 Å². The van der Waals surface area contributed by atoms with Crippen LogP contribution in [0.5, 0.6) is 5.75 Å². The van der Waals surface area contributed by atoms with E-state index in [2.05, 4.69) is 0 Å². The second kappa shape index (κ2) is 7.98. The van der Waals surface area contributed by atoms with Crippen LogP contribution in [-0.2, 0) is 20.8 Å². The van der Waals surface area contributed by atoms with Gasteiger partial charge in [-0.25, -0.2) is 9.59 Å². The normalized spacial score (nSPS) is 17.7. The van der Waals surface area contributed by atoms with Gasteiger partial charge in [-0.1, -0.05) is 18.2 Å². The number of esters is 2. The van der Waals surface area contributed by atoms with Gasteiger partial charge < -0.3 is 14.2 Å². The van der Waals surface area contributed by atoms with Gasteiger partial charge in [-0.2, -0.15) is 0 Å². The van der Waals surface area contributed by atoms with E-state index in [1.54, 1.807) is 43.3 Å². The summed E-state index contributed by atoms with van der Waals surface area (Å²) in [6, 6.07) is 11.4. The summed E-state index contributed by atoms with van der Waals surface area (Å²) >= 11 is 0. The number of imide groups is 1. The molecule has 2 aromatic carbocycles. The molecule has 1 fully saturated rings. The molecule has 2 aliphatic rings. The Morgan fingerprint density at radius 3 is 2.40 bits per heavy atom. The molecule has 0 spiro atoms. The molecule has 0 aliphatic carbocycles. The van der Waals surface area contributed by atoms with Gasteiger partial charge in [-0.3, -0.25) is 14.5 Å². The molecule has 0 saturated carbocycles. The van der Waals surface area contributed by atoms with Crippen LogP contribution in [0.4, 0.5) is 0 Å². The van der Waals surface area contributed by atoms with Crippen molar-refractivity contribution in [3.8, 4) is 5.75 Å². The molecule has 8 nitrogen and oxygen atoms in total. The molecule has 0 aromatic heterocycles. The number of carbonyl (C=O) groups is 4. The number of fused-ring (bicyclic) bond motifs is 1. The van der Waals surface area contributed by atoms with Crippen molar-refractivity contribution in [2.75, 3.05) is 13.2 Å². The molecular formula is C22H19NO7. The third-order valence-electron chi connectivity index (χ3n) is 4.92. The number of hydrogen-bond donors (Lipinski definition) is 0. The molecule has 8 heteroatoms. The highest BCUT2D eigenvalue weighted by Crippen LogP contribution is 2.27. The second-order valence-corrected chi connectivity index (χ2v) is 6.86. The van der Waals surface area contributed by atoms with Crippen LogP contribution >= 0.6 is 0 Å². The quantitative estimate of drug-likeness (QED) is 0.533. The lowest BCUT2D eigenvalue weighted by molar-refractivity contribution is -0.145. The summed E-state index contributed by atoms with van der Waals surface area (Å²) in [5, 5.41) is 0. The molecule has 2 aromatic rings. The fourth-order valence-corrected chi connectivity index (χ4v) is 3.46. The van der Waals surface area contributed by atoms with Crippen LogP contribution in [0.3, 0.4) is 0 Å². The Morgan fingerprint density at radius 2 is 1.80 bits per heavy atom. The van der Waals surface area contributed by atoms with Gasteiger partial charge in [-0.05, 0) is 36.8 Å². The number of nitrogens with zero attached hydrogens (tertiary/aromatic N) is 1. The lowest BCUT2D eigenvalue weighted by atomic mass is 10.1. The first-order valence-corrected chi connectivity index (χ1v) is 9.58. The first-order valence-electron chi connectivity index (χ1n) is 9.58. The fourth-order valence-electron chi connectivity index (χ4n) is 3.46. The number of ether oxygens (including phenoxy) is 3. The highest BCUT2D eigenvalue weighted by molar-refractivity contribution is 6.21. The Bertz CT molecular complexity index is 1010. The zero-order chi connectivity index (χ0) is 21.3. The van der Waals surface area contributed by atoms with E-state index < -0.39 is 18.0 Å². The van der Waals surface area contributed by atoms with Crippen LogP contribution in [0.15, 0.2) is 42.5 Å². The summed E-state index contributed by atoms with van der Waals surface area (Å²) in [7, 11) is 0. The summed E-state index contributed by atoms with van der Waals surface area (Å²) in [6.45, 7) is 2.29. The molecular weight excluding hydrogens is 390 g/mol. The van der Waals surface area contributed by atoms with Crippen molar-refractivity contribution in [1.29, 1.82) is 0 Å². The Labute approximate surface area is 172 Å². The molecule has 0 bridgehead atoms. The molecule has 1 atom stereocenters. The molecule has 4 rings (SSSR count). The van der Waals surface area contributed by atoms with Crippen molar-refractivity contribution < 1.29 is 33.4 Å². The van der Waals surface area contributed by atoms with E-state index >= 15 is 0 Å². The first kappa shape index (κ1) is 19.6. The average molecular weight is 409 g/mol. The molecule has 1 saturated heterocycles. The van der Waals surface area contributed by atoms with Gasteiger partial charge in [0.15, 0.2) is 0 Å². The number of benzene rings is 2. The summed E-state index contributed by atoms with van der Waals surface area (Å²) in [5.74, 6) is -1.79. The summed E-state index contributed by atoms with van der Waals surface area (Å²) in [4.78, 5) is 50.6. The summed E-state index contributed by atoms with van der Waals surface area (Å²) in [6.07, 6.45) is -0.657. The van der Waals surface area contributed by atoms with Crippen molar-refractivity contribution >= 4 is 23.8 Å². The Morgan fingerprint density at radius 1 is 1.10 bits per heavy atom. The molecule has 0 N–H and O–H groups in total. The highest BCUT2D eigenvalue weighted by atomic mass is 16.6. The largest absolute Gasteiger partial charge is 0.493 e. The van der Waals surface area contributed by atoms with Gasteiger partial charge in [0.1, 0.15) is 11.3 Å². The van der Waals surface area contributed by atoms with E-state index in [-0.39, 0.29) is 30.5 Å². The number of amides is 2. The van der Waals surface area contributed by atoms with Gasteiger partial charge in [0.2, 0.25) is 6.10 Å². The van der Waals surface area contributed by atoms with Crippen molar-refractivity contribution in [2.45, 2.75) is 26.0 Å². The topological polar surface area (TPSA) is 99.2 Å². The van der Waals surface area contributed by atoms with E-state index in [1.807, 2.05) is 0 Å². The van der Waals surface area contributed by atoms with E-state index in [9.17, 15) is 19.2 Å². The van der Waals surface area contributed by atoms with Crippen molar-refractivity contribution in [1.82, 2.24) is 4.90 Å². The SMILES string of the molecule is CCOc1ccc(CN2C(=O)c3ccccc3C2=O)cc1C(=O)O[C@H]1CCOC1=O. The standard InChI is InChI=1S/C22H19NO7/c1-2-28-17-8-7-13(11-16(17)21(26)30-18-9-10-29-22(18)27)12-23-19(24)14-5-3-4-6-15(14)20(23)25/h3-8,11,18H,2,9-10,12H2,1H3/t18-/m0/s1. The predicted molar refractivity (Wildman–Crippen MR) is 103 cm³/mol. The number of hydrogen-bond acceptors (Lipinski definition) is 7. The molecule has 2 aliphatic heterocycles. The lowest BCUT2D eigenvalue weighted by Gasteiger charge is -2.17. The van der Waals surface area contributed by atoms with Crippen molar-refractivity contribution in [2.24, 2.45) is 0 Å². The molecule has 2 amide bonds. The first-order chi connectivity index (χ1) is 14.5. The van der Waals surface area contributed by atoms with Crippen LogP contribution in [-0.4, -0.2) is 48.0 Å². The maximum absolute atomic E-state index is 12.7. The molecule has 2 heterocycles. The Hall–Kier alpha value is -3.68. The van der Waals surface area contributed by atoms with Crippen molar-refractivity contribution in [3.63, 3.8) is 0 Å². The zero-order valence-corrected chi connectivity index (χ0v) is 16.3.